The monoisotopic (exact) mass is 239 g/mol. The van der Waals surface area contributed by atoms with Crippen molar-refractivity contribution >= 4 is 17.6 Å². The third-order valence-corrected chi connectivity index (χ3v) is 2.26. The van der Waals surface area contributed by atoms with E-state index in [1.54, 1.807) is 24.3 Å². The second kappa shape index (κ2) is 6.00. The van der Waals surface area contributed by atoms with Gasteiger partial charge in [-0.25, -0.2) is 0 Å². The number of benzene rings is 1. The number of carboxylic acids is 1. The van der Waals surface area contributed by atoms with Crippen molar-refractivity contribution in [2.75, 3.05) is 0 Å². The van der Waals surface area contributed by atoms with E-state index in [1.165, 1.54) is 0 Å². The molecule has 0 fully saturated rings. The molecule has 0 aliphatic carbocycles. The highest BCUT2D eigenvalue weighted by Gasteiger charge is 2.11. The first kappa shape index (κ1) is 12.4. The lowest BCUT2D eigenvalue weighted by Gasteiger charge is -2.08. The lowest BCUT2D eigenvalue weighted by atomic mass is 10.0. The highest BCUT2D eigenvalue weighted by molar-refractivity contribution is 6.30. The van der Waals surface area contributed by atoms with E-state index in [9.17, 15) is 4.79 Å². The number of carbonyl (C=O) groups is 1. The molecule has 16 heavy (non-hydrogen) atoms. The summed E-state index contributed by atoms with van der Waals surface area (Å²) in [7, 11) is 0. The zero-order chi connectivity index (χ0) is 12.0. The maximum Gasteiger partial charge on any atom is 0.303 e. The Hall–Kier alpha value is -1.71. The van der Waals surface area contributed by atoms with Gasteiger partial charge in [-0.15, -0.1) is 0 Å². The van der Waals surface area contributed by atoms with Crippen LogP contribution in [0.5, 0.6) is 0 Å². The third kappa shape index (κ3) is 4.21. The van der Waals surface area contributed by atoms with Gasteiger partial charge in [0.15, 0.2) is 0 Å². The van der Waals surface area contributed by atoms with E-state index < -0.39 is 12.0 Å². The van der Waals surface area contributed by atoms with Gasteiger partial charge in [-0.1, -0.05) is 28.8 Å². The standard InChI is InChI=1S/C10H10ClN3O2/c11-8-3-1-7(2-4-8)5-9(13-14-12)6-10(15)16/h1-4,9H,5-6H2,(H,15,16). The van der Waals surface area contributed by atoms with Gasteiger partial charge in [-0.2, -0.15) is 0 Å². The number of halogens is 1. The average Bonchev–Trinajstić information content (AvgIpc) is 2.21. The molecule has 1 rings (SSSR count). The fourth-order valence-corrected chi connectivity index (χ4v) is 1.45. The first-order chi connectivity index (χ1) is 7.61. The van der Waals surface area contributed by atoms with Crippen LogP contribution in [0, 0.1) is 0 Å². The first-order valence-corrected chi connectivity index (χ1v) is 5.00. The number of aliphatic carboxylic acids is 1. The van der Waals surface area contributed by atoms with Crippen LogP contribution in [0.15, 0.2) is 29.4 Å². The summed E-state index contributed by atoms with van der Waals surface area (Å²) in [4.78, 5) is 13.2. The SMILES string of the molecule is [N-]=[N+]=NC(CC(=O)O)Cc1ccc(Cl)cc1. The van der Waals surface area contributed by atoms with Gasteiger partial charge < -0.3 is 5.11 Å². The smallest absolute Gasteiger partial charge is 0.303 e. The zero-order valence-electron chi connectivity index (χ0n) is 8.38. The topological polar surface area (TPSA) is 86.1 Å². The van der Waals surface area contributed by atoms with E-state index in [2.05, 4.69) is 10.0 Å². The number of azide groups is 1. The molecule has 1 aromatic rings. The summed E-state index contributed by atoms with van der Waals surface area (Å²) in [6, 6.07) is 6.42. The van der Waals surface area contributed by atoms with Crippen LogP contribution in [0.1, 0.15) is 12.0 Å². The summed E-state index contributed by atoms with van der Waals surface area (Å²) in [5.74, 6) is -0.980. The molecule has 84 valence electrons. The first-order valence-electron chi connectivity index (χ1n) is 4.62. The van der Waals surface area contributed by atoms with Crippen molar-refractivity contribution in [2.45, 2.75) is 18.9 Å². The van der Waals surface area contributed by atoms with Crippen molar-refractivity contribution in [1.29, 1.82) is 0 Å². The molecule has 6 heteroatoms. The Kier molecular flexibility index (Phi) is 4.64. The van der Waals surface area contributed by atoms with Crippen LogP contribution < -0.4 is 0 Å². The van der Waals surface area contributed by atoms with Crippen molar-refractivity contribution in [3.05, 3.63) is 45.3 Å². The van der Waals surface area contributed by atoms with Gasteiger partial charge >= 0.3 is 5.97 Å². The van der Waals surface area contributed by atoms with Crippen LogP contribution in [-0.2, 0) is 11.2 Å². The Bertz CT molecular complexity index is 413. The molecular formula is C10H10ClN3O2. The summed E-state index contributed by atoms with van der Waals surface area (Å²) in [6.07, 6.45) is 0.222. The minimum Gasteiger partial charge on any atom is -0.481 e. The van der Waals surface area contributed by atoms with Crippen LogP contribution in [-0.4, -0.2) is 17.1 Å². The van der Waals surface area contributed by atoms with Crippen LogP contribution in [0.3, 0.4) is 0 Å². The molecule has 0 amide bonds. The molecule has 1 N–H and O–H groups in total. The third-order valence-electron chi connectivity index (χ3n) is 2.01. The second-order valence-corrected chi connectivity index (χ2v) is 3.72. The van der Waals surface area contributed by atoms with Crippen molar-refractivity contribution in [1.82, 2.24) is 0 Å². The number of carboxylic acid groups (broad SMARTS) is 1. The Morgan fingerprint density at radius 2 is 2.12 bits per heavy atom. The van der Waals surface area contributed by atoms with Gasteiger partial charge in [0.2, 0.25) is 0 Å². The number of hydrogen-bond donors (Lipinski definition) is 1. The maximum absolute atomic E-state index is 10.5. The number of hydrogen-bond acceptors (Lipinski definition) is 2. The molecule has 0 aliphatic rings. The van der Waals surface area contributed by atoms with Crippen molar-refractivity contribution < 1.29 is 9.90 Å². The molecule has 0 bridgehead atoms. The van der Waals surface area contributed by atoms with E-state index in [0.29, 0.717) is 11.4 Å². The van der Waals surface area contributed by atoms with E-state index in [-0.39, 0.29) is 6.42 Å². The van der Waals surface area contributed by atoms with Crippen molar-refractivity contribution in [3.8, 4) is 0 Å². The lowest BCUT2D eigenvalue weighted by Crippen LogP contribution is -2.13. The van der Waals surface area contributed by atoms with Gasteiger partial charge in [0.05, 0.1) is 12.5 Å². The summed E-state index contributed by atoms with van der Waals surface area (Å²) in [5, 5.41) is 12.7. The Balaban J connectivity index is 2.71. The van der Waals surface area contributed by atoms with Gasteiger partial charge in [0.25, 0.3) is 0 Å². The Labute approximate surface area is 97.3 Å². The Morgan fingerprint density at radius 1 is 1.50 bits per heavy atom. The van der Waals surface area contributed by atoms with Gasteiger partial charge in [0.1, 0.15) is 0 Å². The van der Waals surface area contributed by atoms with Gasteiger partial charge in [-0.3, -0.25) is 4.79 Å². The van der Waals surface area contributed by atoms with Gasteiger partial charge in [-0.05, 0) is 29.6 Å². The van der Waals surface area contributed by atoms with E-state index in [4.69, 9.17) is 22.2 Å². The van der Waals surface area contributed by atoms with E-state index >= 15 is 0 Å². The normalized spacial score (nSPS) is 11.6. The number of rotatable bonds is 5. The molecule has 0 saturated carbocycles. The molecule has 1 atom stereocenters. The fraction of sp³-hybridized carbons (Fsp3) is 0.300. The molecule has 0 spiro atoms. The molecule has 1 aromatic carbocycles. The summed E-state index contributed by atoms with van der Waals surface area (Å²) in [5.41, 5.74) is 9.21. The highest BCUT2D eigenvalue weighted by atomic mass is 35.5. The van der Waals surface area contributed by atoms with E-state index in [0.717, 1.165) is 5.56 Å². The highest BCUT2D eigenvalue weighted by Crippen LogP contribution is 2.13. The molecule has 0 heterocycles. The Morgan fingerprint density at radius 3 is 2.62 bits per heavy atom. The van der Waals surface area contributed by atoms with E-state index in [1.807, 2.05) is 0 Å². The van der Waals surface area contributed by atoms with Crippen molar-refractivity contribution in [2.24, 2.45) is 5.11 Å². The average molecular weight is 240 g/mol. The minimum absolute atomic E-state index is 0.174. The van der Waals surface area contributed by atoms with Crippen LogP contribution in [0.2, 0.25) is 5.02 Å². The molecule has 0 saturated heterocycles. The molecule has 0 aromatic heterocycles. The summed E-state index contributed by atoms with van der Waals surface area (Å²) >= 11 is 5.72. The lowest BCUT2D eigenvalue weighted by molar-refractivity contribution is -0.137. The quantitative estimate of drug-likeness (QED) is 0.486. The maximum atomic E-state index is 10.5. The van der Waals surface area contributed by atoms with Crippen LogP contribution in [0.4, 0.5) is 0 Å². The second-order valence-electron chi connectivity index (χ2n) is 3.29. The van der Waals surface area contributed by atoms with Crippen LogP contribution >= 0.6 is 11.6 Å². The van der Waals surface area contributed by atoms with Crippen molar-refractivity contribution in [3.63, 3.8) is 0 Å². The largest absolute Gasteiger partial charge is 0.481 e. The minimum atomic E-state index is -0.980. The molecule has 1 unspecified atom stereocenters. The summed E-state index contributed by atoms with van der Waals surface area (Å²) in [6.45, 7) is 0. The van der Waals surface area contributed by atoms with Gasteiger partial charge in [0, 0.05) is 9.93 Å². The molecular weight excluding hydrogens is 230 g/mol. The van der Waals surface area contributed by atoms with Crippen LogP contribution in [0.25, 0.3) is 10.4 Å². The molecule has 0 aliphatic heterocycles. The predicted octanol–water partition coefficient (Wildman–Crippen LogP) is 3.04. The fourth-order valence-electron chi connectivity index (χ4n) is 1.32. The predicted molar refractivity (Wildman–Crippen MR) is 60.3 cm³/mol. The summed E-state index contributed by atoms with van der Waals surface area (Å²) < 4.78 is 0. The molecule has 0 radical (unpaired) electrons. The molecule has 5 nitrogen and oxygen atoms in total. The zero-order valence-corrected chi connectivity index (χ0v) is 9.13. The number of nitrogens with zero attached hydrogens (tertiary/aromatic N) is 3.